The van der Waals surface area contributed by atoms with Crippen molar-refractivity contribution in [2.24, 2.45) is 5.92 Å². The fourth-order valence-electron chi connectivity index (χ4n) is 2.56. The van der Waals surface area contributed by atoms with Gasteiger partial charge in [0.2, 0.25) is 9.84 Å². The third-order valence-corrected chi connectivity index (χ3v) is 7.22. The summed E-state index contributed by atoms with van der Waals surface area (Å²) in [4.78, 5) is 11.0. The molecule has 2 atom stereocenters. The first kappa shape index (κ1) is 26.6. The smallest absolute Gasteiger partial charge is 0.303 e. The van der Waals surface area contributed by atoms with Gasteiger partial charge in [-0.05, 0) is 42.3 Å². The number of alkyl halides is 1. The van der Waals surface area contributed by atoms with Gasteiger partial charge in [0, 0.05) is 6.92 Å². The highest BCUT2D eigenvalue weighted by molar-refractivity contribution is 7.91. The van der Waals surface area contributed by atoms with Crippen LogP contribution in [0.2, 0.25) is 10.0 Å². The molecule has 0 aromatic heterocycles. The second-order valence-electron chi connectivity index (χ2n) is 7.21. The van der Waals surface area contributed by atoms with Gasteiger partial charge in [-0.3, -0.25) is 4.79 Å². The number of halogens is 3. The molecule has 0 saturated heterocycles. The Balaban J connectivity index is 2.16. The number of carbonyl (C=O) groups is 1. The summed E-state index contributed by atoms with van der Waals surface area (Å²) in [6.45, 7) is 5.81. The van der Waals surface area contributed by atoms with Gasteiger partial charge >= 0.3 is 5.97 Å². The second kappa shape index (κ2) is 12.0. The van der Waals surface area contributed by atoms with Gasteiger partial charge in [0.05, 0.1) is 32.3 Å². The van der Waals surface area contributed by atoms with Gasteiger partial charge in [-0.15, -0.1) is 11.6 Å². The van der Waals surface area contributed by atoms with E-state index in [1.54, 1.807) is 0 Å². The number of esters is 1. The molecule has 0 aliphatic heterocycles. The summed E-state index contributed by atoms with van der Waals surface area (Å²) < 4.78 is 42.3. The van der Waals surface area contributed by atoms with Crippen molar-refractivity contribution in [1.29, 1.82) is 0 Å². The summed E-state index contributed by atoms with van der Waals surface area (Å²) >= 11 is 18.3. The van der Waals surface area contributed by atoms with Crippen molar-refractivity contribution in [3.63, 3.8) is 0 Å². The maximum Gasteiger partial charge on any atom is 0.303 e. The summed E-state index contributed by atoms with van der Waals surface area (Å²) in [6.07, 6.45) is 0.320. The second-order valence-corrected chi connectivity index (χ2v) is 10.3. The normalized spacial score (nSPS) is 13.3. The minimum absolute atomic E-state index is 0.0402. The van der Waals surface area contributed by atoms with E-state index in [1.165, 1.54) is 43.3 Å². The van der Waals surface area contributed by atoms with E-state index in [9.17, 15) is 13.2 Å². The highest BCUT2D eigenvalue weighted by Crippen LogP contribution is 2.37. The topological polar surface area (TPSA) is 78.9 Å². The molecule has 0 aliphatic carbocycles. The fraction of sp³-hybridized carbons (Fsp3) is 0.409. The quantitative estimate of drug-likeness (QED) is 0.273. The third-order valence-electron chi connectivity index (χ3n) is 4.57. The lowest BCUT2D eigenvalue weighted by atomic mass is 10.1. The van der Waals surface area contributed by atoms with Crippen molar-refractivity contribution in [3.05, 3.63) is 46.4 Å². The number of hydrogen-bond acceptors (Lipinski definition) is 6. The number of benzene rings is 2. The zero-order valence-corrected chi connectivity index (χ0v) is 21.0. The molecule has 10 heteroatoms. The van der Waals surface area contributed by atoms with Gasteiger partial charge in [-0.2, -0.15) is 0 Å². The van der Waals surface area contributed by atoms with E-state index < -0.39 is 21.9 Å². The van der Waals surface area contributed by atoms with Gasteiger partial charge in [-0.25, -0.2) is 8.42 Å². The molecule has 32 heavy (non-hydrogen) atoms. The summed E-state index contributed by atoms with van der Waals surface area (Å²) in [6, 6.07) is 8.45. The van der Waals surface area contributed by atoms with Gasteiger partial charge in [0.1, 0.15) is 18.5 Å². The molecule has 0 heterocycles. The number of ether oxygens (including phenoxy) is 3. The monoisotopic (exact) mass is 522 g/mol. The van der Waals surface area contributed by atoms with Crippen LogP contribution in [0.4, 0.5) is 0 Å². The maximum atomic E-state index is 13.0. The number of hydrogen-bond donors (Lipinski definition) is 0. The first-order valence-corrected chi connectivity index (χ1v) is 12.7. The molecule has 2 rings (SSSR count). The predicted molar refractivity (Wildman–Crippen MR) is 125 cm³/mol. The first-order chi connectivity index (χ1) is 15.1. The zero-order chi connectivity index (χ0) is 23.9. The highest BCUT2D eigenvalue weighted by Gasteiger charge is 2.22. The van der Waals surface area contributed by atoms with E-state index >= 15 is 0 Å². The Morgan fingerprint density at radius 2 is 1.59 bits per heavy atom. The molecular formula is C22H25Cl3O6S. The first-order valence-electron chi connectivity index (χ1n) is 9.91. The zero-order valence-electron chi connectivity index (χ0n) is 17.9. The van der Waals surface area contributed by atoms with Crippen molar-refractivity contribution in [2.45, 2.75) is 43.1 Å². The van der Waals surface area contributed by atoms with E-state index in [0.29, 0.717) is 18.3 Å². The number of rotatable bonds is 11. The lowest BCUT2D eigenvalue weighted by Crippen LogP contribution is -2.25. The van der Waals surface area contributed by atoms with E-state index in [4.69, 9.17) is 49.0 Å². The average Bonchev–Trinajstić information content (AvgIpc) is 2.75. The summed E-state index contributed by atoms with van der Waals surface area (Å²) in [7, 11) is -3.88. The maximum absolute atomic E-state index is 13.0. The van der Waals surface area contributed by atoms with Crippen molar-refractivity contribution >= 4 is 50.6 Å². The molecule has 0 bridgehead atoms. The van der Waals surface area contributed by atoms with E-state index in [-0.39, 0.29) is 38.1 Å². The Morgan fingerprint density at radius 3 is 2.09 bits per heavy atom. The van der Waals surface area contributed by atoms with Crippen molar-refractivity contribution in [1.82, 2.24) is 0 Å². The van der Waals surface area contributed by atoms with Crippen LogP contribution in [0.3, 0.4) is 0 Å². The molecule has 0 aliphatic rings. The van der Waals surface area contributed by atoms with Crippen molar-refractivity contribution < 1.29 is 27.4 Å². The molecule has 2 aromatic carbocycles. The van der Waals surface area contributed by atoms with Gasteiger partial charge in [-0.1, -0.05) is 43.5 Å². The number of carbonyl (C=O) groups excluding carboxylic acids is 1. The van der Waals surface area contributed by atoms with Crippen LogP contribution in [-0.4, -0.2) is 39.6 Å². The molecule has 2 aromatic rings. The van der Waals surface area contributed by atoms with Gasteiger partial charge < -0.3 is 14.2 Å². The molecule has 0 fully saturated rings. The van der Waals surface area contributed by atoms with Crippen LogP contribution in [0.15, 0.2) is 46.2 Å². The average molecular weight is 524 g/mol. The summed E-state index contributed by atoms with van der Waals surface area (Å²) in [5, 5.41) is 0.244. The molecule has 0 amide bonds. The van der Waals surface area contributed by atoms with Crippen LogP contribution >= 0.6 is 34.8 Å². The van der Waals surface area contributed by atoms with E-state index in [1.807, 2.05) is 13.8 Å². The lowest BCUT2D eigenvalue weighted by Gasteiger charge is -2.16. The third kappa shape index (κ3) is 7.17. The Hall–Kier alpha value is -1.67. The Bertz CT molecular complexity index is 1000. The van der Waals surface area contributed by atoms with Crippen molar-refractivity contribution in [2.75, 3.05) is 19.1 Å². The molecule has 176 valence electrons. The van der Waals surface area contributed by atoms with Crippen LogP contribution in [0.25, 0.3) is 0 Å². The van der Waals surface area contributed by atoms with Crippen LogP contribution in [-0.2, 0) is 19.4 Å². The fourth-order valence-corrected chi connectivity index (χ4v) is 4.75. The molecule has 0 unspecified atom stereocenters. The van der Waals surface area contributed by atoms with E-state index in [2.05, 4.69) is 0 Å². The molecular weight excluding hydrogens is 499 g/mol. The molecule has 0 saturated carbocycles. The van der Waals surface area contributed by atoms with Crippen molar-refractivity contribution in [3.8, 4) is 11.5 Å². The standard InChI is InChI=1S/C22H25Cl3O6S/c1-4-14(2)12-30-22-20(24)9-19(10-21(22)25)32(27,28)18-7-5-16(6-8-18)29-13-17(11-23)31-15(3)26/h5-10,14,17H,4,11-13H2,1-3H3/t14-,17+/m0/s1. The predicted octanol–water partition coefficient (Wildman–Crippen LogP) is 5.80. The Morgan fingerprint density at radius 1 is 1.00 bits per heavy atom. The molecule has 0 N–H and O–H groups in total. The molecule has 6 nitrogen and oxygen atoms in total. The SMILES string of the molecule is CC[C@H](C)COc1c(Cl)cc(S(=O)(=O)c2ccc(OC[C@@H](CCl)OC(C)=O)cc2)cc1Cl. The Kier molecular flexibility index (Phi) is 9.95. The lowest BCUT2D eigenvalue weighted by molar-refractivity contribution is -0.146. The summed E-state index contributed by atoms with van der Waals surface area (Å²) in [5.74, 6) is 0.577. The van der Waals surface area contributed by atoms with Crippen LogP contribution in [0, 0.1) is 5.92 Å². The minimum atomic E-state index is -3.88. The minimum Gasteiger partial charge on any atom is -0.490 e. The highest BCUT2D eigenvalue weighted by atomic mass is 35.5. The van der Waals surface area contributed by atoms with Crippen LogP contribution in [0.5, 0.6) is 11.5 Å². The Labute approximate surface area is 203 Å². The van der Waals surface area contributed by atoms with Crippen LogP contribution in [0.1, 0.15) is 27.2 Å². The largest absolute Gasteiger partial charge is 0.490 e. The number of sulfone groups is 1. The molecule has 0 spiro atoms. The summed E-state index contributed by atoms with van der Waals surface area (Å²) in [5.41, 5.74) is 0. The van der Waals surface area contributed by atoms with E-state index in [0.717, 1.165) is 6.42 Å². The van der Waals surface area contributed by atoms with Gasteiger partial charge in [0.25, 0.3) is 0 Å². The molecule has 0 radical (unpaired) electrons. The van der Waals surface area contributed by atoms with Crippen LogP contribution < -0.4 is 9.47 Å². The van der Waals surface area contributed by atoms with Gasteiger partial charge in [0.15, 0.2) is 5.75 Å².